The van der Waals surface area contributed by atoms with Gasteiger partial charge >= 0.3 is 0 Å². The van der Waals surface area contributed by atoms with Crippen molar-refractivity contribution in [1.82, 2.24) is 0 Å². The van der Waals surface area contributed by atoms with E-state index in [1.807, 2.05) is 0 Å². The first-order valence-electron chi connectivity index (χ1n) is 12.6. The van der Waals surface area contributed by atoms with E-state index in [2.05, 4.69) is 6.92 Å². The van der Waals surface area contributed by atoms with Gasteiger partial charge in [0.15, 0.2) is 5.79 Å². The second kappa shape index (κ2) is 9.61. The molecule has 0 bridgehead atoms. The first-order chi connectivity index (χ1) is 13.3. The van der Waals surface area contributed by atoms with Gasteiger partial charge in [-0.25, -0.2) is 0 Å². The summed E-state index contributed by atoms with van der Waals surface area (Å²) < 4.78 is 13.7. The molecule has 3 aliphatic carbocycles. The zero-order valence-corrected chi connectivity index (χ0v) is 17.9. The summed E-state index contributed by atoms with van der Waals surface area (Å²) in [6.45, 7) is 4.30. The van der Waals surface area contributed by atoms with Gasteiger partial charge in [0.2, 0.25) is 0 Å². The third-order valence-corrected chi connectivity index (χ3v) is 8.65. The van der Waals surface area contributed by atoms with Gasteiger partial charge in [-0.05, 0) is 50.4 Å². The van der Waals surface area contributed by atoms with Gasteiger partial charge in [0.05, 0.1) is 13.2 Å². The Bertz CT molecular complexity index is 400. The summed E-state index contributed by atoms with van der Waals surface area (Å²) in [5.74, 6) is 3.63. The predicted octanol–water partition coefficient (Wildman–Crippen LogP) is 7.11. The molecule has 0 N–H and O–H groups in total. The van der Waals surface area contributed by atoms with Crippen LogP contribution >= 0.6 is 0 Å². The van der Waals surface area contributed by atoms with E-state index in [1.54, 1.807) is 0 Å². The Kier molecular flexibility index (Phi) is 7.19. The molecule has 0 aromatic rings. The lowest BCUT2D eigenvalue weighted by molar-refractivity contribution is -0.344. The molecule has 2 heteroatoms. The summed E-state index contributed by atoms with van der Waals surface area (Å²) in [5, 5.41) is 0. The molecule has 3 saturated carbocycles. The first-order valence-corrected chi connectivity index (χ1v) is 12.6. The summed E-state index contributed by atoms with van der Waals surface area (Å²) in [7, 11) is 0. The van der Waals surface area contributed by atoms with E-state index < -0.39 is 0 Å². The molecule has 1 saturated heterocycles. The van der Waals surface area contributed by atoms with E-state index in [4.69, 9.17) is 9.47 Å². The molecule has 0 aromatic carbocycles. The third-order valence-electron chi connectivity index (χ3n) is 8.65. The van der Waals surface area contributed by atoms with Crippen molar-refractivity contribution < 1.29 is 9.47 Å². The van der Waals surface area contributed by atoms with Crippen molar-refractivity contribution in [2.45, 2.75) is 115 Å². The van der Waals surface area contributed by atoms with Crippen LogP contribution in [0.25, 0.3) is 0 Å². The Hall–Kier alpha value is -0.0800. The lowest BCUT2D eigenvalue weighted by atomic mass is 9.71. The Morgan fingerprint density at radius 1 is 0.630 bits per heavy atom. The van der Waals surface area contributed by atoms with Gasteiger partial charge < -0.3 is 9.47 Å². The highest BCUT2D eigenvalue weighted by molar-refractivity contribution is 4.93. The highest BCUT2D eigenvalue weighted by Crippen LogP contribution is 2.49. The monoisotopic (exact) mass is 376 g/mol. The van der Waals surface area contributed by atoms with Crippen LogP contribution < -0.4 is 0 Å². The van der Waals surface area contributed by atoms with Crippen molar-refractivity contribution >= 4 is 0 Å². The molecule has 156 valence electrons. The lowest BCUT2D eigenvalue weighted by Crippen LogP contribution is -2.56. The van der Waals surface area contributed by atoms with Crippen LogP contribution in [-0.2, 0) is 9.47 Å². The molecule has 0 atom stereocenters. The molecule has 4 fully saturated rings. The topological polar surface area (TPSA) is 18.5 Å². The molecule has 0 spiro atoms. The van der Waals surface area contributed by atoms with Crippen molar-refractivity contribution in [2.24, 2.45) is 29.6 Å². The molecule has 0 radical (unpaired) electrons. The van der Waals surface area contributed by atoms with E-state index >= 15 is 0 Å². The maximum absolute atomic E-state index is 6.86. The summed E-state index contributed by atoms with van der Waals surface area (Å²) in [6, 6.07) is 0. The zero-order chi connectivity index (χ0) is 18.5. The molecular formula is C25H44O2. The van der Waals surface area contributed by atoms with Crippen LogP contribution in [-0.4, -0.2) is 19.0 Å². The summed E-state index contributed by atoms with van der Waals surface area (Å²) in [6.07, 6.45) is 22.3. The second-order valence-electron chi connectivity index (χ2n) is 10.3. The van der Waals surface area contributed by atoms with E-state index in [-0.39, 0.29) is 5.79 Å². The number of hydrogen-bond donors (Lipinski definition) is 0. The molecule has 27 heavy (non-hydrogen) atoms. The van der Waals surface area contributed by atoms with Gasteiger partial charge in [-0.3, -0.25) is 0 Å². The van der Waals surface area contributed by atoms with Crippen molar-refractivity contribution in [2.75, 3.05) is 13.2 Å². The fourth-order valence-electron chi connectivity index (χ4n) is 7.01. The fourth-order valence-corrected chi connectivity index (χ4v) is 7.01. The number of hydrogen-bond acceptors (Lipinski definition) is 2. The van der Waals surface area contributed by atoms with E-state index in [9.17, 15) is 0 Å². The molecule has 0 unspecified atom stereocenters. The van der Waals surface area contributed by atoms with Crippen molar-refractivity contribution in [3.63, 3.8) is 0 Å². The maximum Gasteiger partial charge on any atom is 0.173 e. The van der Waals surface area contributed by atoms with Crippen LogP contribution in [0.5, 0.6) is 0 Å². The Labute approximate surface area is 168 Å². The van der Waals surface area contributed by atoms with Gasteiger partial charge in [0.25, 0.3) is 0 Å². The summed E-state index contributed by atoms with van der Waals surface area (Å²) >= 11 is 0. The average molecular weight is 377 g/mol. The van der Waals surface area contributed by atoms with Crippen LogP contribution in [0.4, 0.5) is 0 Å². The van der Waals surface area contributed by atoms with Crippen LogP contribution in [0.2, 0.25) is 0 Å². The summed E-state index contributed by atoms with van der Waals surface area (Å²) in [4.78, 5) is 0. The normalized spacial score (nSPS) is 34.6. The highest BCUT2D eigenvalue weighted by atomic mass is 16.7. The largest absolute Gasteiger partial charge is 0.349 e. The Morgan fingerprint density at radius 2 is 1.15 bits per heavy atom. The summed E-state index contributed by atoms with van der Waals surface area (Å²) in [5.41, 5.74) is 0. The first kappa shape index (κ1) is 20.2. The standard InChI is InChI=1S/C25H44O2/c1-2-9-20-14-16-21(17-15-20)22-18-26-25(27-19-22,23-10-5-3-6-11-23)24-12-7-4-8-13-24/h20-24H,2-19H2,1H3. The molecule has 1 heterocycles. The van der Waals surface area contributed by atoms with Crippen LogP contribution in [0.3, 0.4) is 0 Å². The van der Waals surface area contributed by atoms with Crippen molar-refractivity contribution in [3.8, 4) is 0 Å². The Morgan fingerprint density at radius 3 is 1.63 bits per heavy atom. The Balaban J connectivity index is 1.37. The molecule has 2 nitrogen and oxygen atoms in total. The number of rotatable bonds is 5. The molecular weight excluding hydrogens is 332 g/mol. The van der Waals surface area contributed by atoms with Crippen molar-refractivity contribution in [1.29, 1.82) is 0 Å². The highest BCUT2D eigenvalue weighted by Gasteiger charge is 2.51. The molecule has 4 rings (SSSR count). The molecule has 0 amide bonds. The predicted molar refractivity (Wildman–Crippen MR) is 112 cm³/mol. The van der Waals surface area contributed by atoms with Gasteiger partial charge in [-0.1, -0.05) is 71.1 Å². The fraction of sp³-hybridized carbons (Fsp3) is 1.00. The van der Waals surface area contributed by atoms with Crippen LogP contribution in [0, 0.1) is 29.6 Å². The minimum Gasteiger partial charge on any atom is -0.349 e. The third kappa shape index (κ3) is 4.58. The molecule has 4 aliphatic rings. The lowest BCUT2D eigenvalue weighted by Gasteiger charge is -2.52. The molecule has 0 aromatic heterocycles. The zero-order valence-electron chi connectivity index (χ0n) is 17.9. The second-order valence-corrected chi connectivity index (χ2v) is 10.3. The molecule has 1 aliphatic heterocycles. The average Bonchev–Trinajstić information content (AvgIpc) is 2.76. The minimum atomic E-state index is -0.212. The van der Waals surface area contributed by atoms with Gasteiger partial charge in [-0.2, -0.15) is 0 Å². The van der Waals surface area contributed by atoms with Gasteiger partial charge in [0, 0.05) is 17.8 Å². The van der Waals surface area contributed by atoms with Crippen molar-refractivity contribution in [3.05, 3.63) is 0 Å². The number of ether oxygens (including phenoxy) is 2. The van der Waals surface area contributed by atoms with Crippen LogP contribution in [0.1, 0.15) is 110 Å². The van der Waals surface area contributed by atoms with Crippen LogP contribution in [0.15, 0.2) is 0 Å². The minimum absolute atomic E-state index is 0.212. The van der Waals surface area contributed by atoms with E-state index in [1.165, 1.54) is 103 Å². The van der Waals surface area contributed by atoms with Gasteiger partial charge in [-0.15, -0.1) is 0 Å². The smallest absolute Gasteiger partial charge is 0.173 e. The van der Waals surface area contributed by atoms with E-state index in [0.29, 0.717) is 17.8 Å². The quantitative estimate of drug-likeness (QED) is 0.509. The van der Waals surface area contributed by atoms with Gasteiger partial charge in [0.1, 0.15) is 0 Å². The van der Waals surface area contributed by atoms with E-state index in [0.717, 1.165) is 25.0 Å². The maximum atomic E-state index is 6.86. The SMILES string of the molecule is CCCC1CCC(C2COC(C3CCCCC3)(C3CCCCC3)OC2)CC1.